The van der Waals surface area contributed by atoms with Crippen molar-refractivity contribution in [3.63, 3.8) is 0 Å². The van der Waals surface area contributed by atoms with Gasteiger partial charge in [-0.3, -0.25) is 4.90 Å². The van der Waals surface area contributed by atoms with Crippen LogP contribution in [0.1, 0.15) is 32.1 Å². The van der Waals surface area contributed by atoms with Gasteiger partial charge in [0.25, 0.3) is 0 Å². The first-order chi connectivity index (χ1) is 11.2. The third-order valence-electron chi connectivity index (χ3n) is 4.62. The molecular weight excluding hydrogens is 290 g/mol. The lowest BCUT2D eigenvalue weighted by Gasteiger charge is -2.45. The minimum absolute atomic E-state index is 0.261. The van der Waals surface area contributed by atoms with E-state index in [0.29, 0.717) is 5.96 Å². The zero-order chi connectivity index (χ0) is 15.9. The van der Waals surface area contributed by atoms with Gasteiger partial charge in [-0.05, 0) is 37.8 Å². The first kappa shape index (κ1) is 13.9. The number of nitrogens with zero attached hydrogens (tertiary/aromatic N) is 5. The summed E-state index contributed by atoms with van der Waals surface area (Å²) in [6.07, 6.45) is 8.59. The van der Waals surface area contributed by atoms with Crippen LogP contribution in [0.3, 0.4) is 0 Å². The SMILES string of the molecule is NC1=NC2(CCCCC2)N(c2cccc3ncncc23)C(N)=N1. The lowest BCUT2D eigenvalue weighted by atomic mass is 9.87. The highest BCUT2D eigenvalue weighted by molar-refractivity contribution is 6.09. The molecule has 23 heavy (non-hydrogen) atoms. The topological polar surface area (TPSA) is 106 Å². The van der Waals surface area contributed by atoms with Crippen LogP contribution in [0.15, 0.2) is 40.7 Å². The monoisotopic (exact) mass is 309 g/mol. The summed E-state index contributed by atoms with van der Waals surface area (Å²) in [6.45, 7) is 0. The molecule has 0 radical (unpaired) electrons. The van der Waals surface area contributed by atoms with Gasteiger partial charge in [0, 0.05) is 11.6 Å². The molecule has 0 saturated heterocycles. The van der Waals surface area contributed by atoms with Crippen LogP contribution in [-0.4, -0.2) is 27.5 Å². The van der Waals surface area contributed by atoms with E-state index in [2.05, 4.69) is 15.0 Å². The number of hydrogen-bond acceptors (Lipinski definition) is 7. The highest BCUT2D eigenvalue weighted by Crippen LogP contribution is 2.41. The Morgan fingerprint density at radius 2 is 1.91 bits per heavy atom. The highest BCUT2D eigenvalue weighted by Gasteiger charge is 2.43. The second-order valence-corrected chi connectivity index (χ2v) is 6.05. The minimum Gasteiger partial charge on any atom is -0.369 e. The molecule has 0 atom stereocenters. The number of aromatic nitrogens is 2. The van der Waals surface area contributed by atoms with Gasteiger partial charge in [0.2, 0.25) is 11.9 Å². The molecule has 1 aliphatic heterocycles. The van der Waals surface area contributed by atoms with Crippen molar-refractivity contribution in [2.45, 2.75) is 37.8 Å². The van der Waals surface area contributed by atoms with Gasteiger partial charge in [0.05, 0.1) is 11.2 Å². The molecule has 2 heterocycles. The summed E-state index contributed by atoms with van der Waals surface area (Å²) in [5.41, 5.74) is 13.5. The molecule has 4 rings (SSSR count). The third kappa shape index (κ3) is 2.19. The van der Waals surface area contributed by atoms with Gasteiger partial charge < -0.3 is 11.5 Å². The predicted molar refractivity (Wildman–Crippen MR) is 91.1 cm³/mol. The summed E-state index contributed by atoms with van der Waals surface area (Å²) in [4.78, 5) is 19.4. The Balaban J connectivity index is 1.92. The van der Waals surface area contributed by atoms with E-state index < -0.39 is 5.66 Å². The maximum absolute atomic E-state index is 6.27. The third-order valence-corrected chi connectivity index (χ3v) is 4.62. The van der Waals surface area contributed by atoms with Crippen molar-refractivity contribution >= 4 is 28.5 Å². The summed E-state index contributed by atoms with van der Waals surface area (Å²) in [5, 5.41) is 0.939. The Hall–Kier alpha value is -2.70. The molecule has 4 N–H and O–H groups in total. The highest BCUT2D eigenvalue weighted by atomic mass is 15.4. The van der Waals surface area contributed by atoms with E-state index in [0.717, 1.165) is 42.3 Å². The maximum atomic E-state index is 6.27. The van der Waals surface area contributed by atoms with Gasteiger partial charge in [-0.15, -0.1) is 0 Å². The van der Waals surface area contributed by atoms with Gasteiger partial charge in [-0.1, -0.05) is 12.5 Å². The Morgan fingerprint density at radius 3 is 2.74 bits per heavy atom. The lowest BCUT2D eigenvalue weighted by Crippen LogP contribution is -2.58. The number of aliphatic imine (C=N–C) groups is 2. The Bertz CT molecular complexity index is 800. The quantitative estimate of drug-likeness (QED) is 0.834. The first-order valence-corrected chi connectivity index (χ1v) is 7.88. The number of rotatable bonds is 1. The number of nitrogens with two attached hydrogens (primary N) is 2. The minimum atomic E-state index is -0.446. The van der Waals surface area contributed by atoms with E-state index in [1.165, 1.54) is 6.42 Å². The number of hydrogen-bond donors (Lipinski definition) is 2. The van der Waals surface area contributed by atoms with Crippen molar-refractivity contribution in [2.75, 3.05) is 4.90 Å². The summed E-state index contributed by atoms with van der Waals surface area (Å²) in [5.74, 6) is 0.646. The van der Waals surface area contributed by atoms with Gasteiger partial charge in [-0.2, -0.15) is 4.99 Å². The second kappa shape index (κ2) is 5.19. The van der Waals surface area contributed by atoms with Crippen LogP contribution in [0.5, 0.6) is 0 Å². The Kier molecular flexibility index (Phi) is 3.14. The van der Waals surface area contributed by atoms with Crippen LogP contribution in [0.2, 0.25) is 0 Å². The molecule has 7 heteroatoms. The van der Waals surface area contributed by atoms with Crippen molar-refractivity contribution in [1.82, 2.24) is 9.97 Å². The molecule has 1 spiro atoms. The smallest absolute Gasteiger partial charge is 0.220 e. The van der Waals surface area contributed by atoms with Crippen molar-refractivity contribution in [3.8, 4) is 0 Å². The van der Waals surface area contributed by atoms with Crippen LogP contribution >= 0.6 is 0 Å². The van der Waals surface area contributed by atoms with E-state index in [-0.39, 0.29) is 5.96 Å². The number of benzene rings is 1. The summed E-state index contributed by atoms with van der Waals surface area (Å²) in [6, 6.07) is 5.95. The summed E-state index contributed by atoms with van der Waals surface area (Å²) < 4.78 is 0. The largest absolute Gasteiger partial charge is 0.369 e. The average Bonchev–Trinajstić information content (AvgIpc) is 2.55. The number of fused-ring (bicyclic) bond motifs is 1. The standard InChI is InChI=1S/C16H19N7/c17-14-21-15(18)23(16(22-14)7-2-1-3-8-16)13-6-4-5-12-11(13)9-19-10-20-12/h4-6,9-10H,1-3,7-8H2,(H4,17,18,21,22). The maximum Gasteiger partial charge on any atom is 0.220 e. The van der Waals surface area contributed by atoms with Crippen LogP contribution in [0.25, 0.3) is 10.9 Å². The van der Waals surface area contributed by atoms with Crippen molar-refractivity contribution in [3.05, 3.63) is 30.7 Å². The fourth-order valence-electron chi connectivity index (χ4n) is 3.65. The van der Waals surface area contributed by atoms with Gasteiger partial charge in [-0.25, -0.2) is 15.0 Å². The fraction of sp³-hybridized carbons (Fsp3) is 0.375. The number of guanidine groups is 2. The van der Waals surface area contributed by atoms with Crippen molar-refractivity contribution < 1.29 is 0 Å². The van der Waals surface area contributed by atoms with Gasteiger partial charge >= 0.3 is 0 Å². The molecular formula is C16H19N7. The van der Waals surface area contributed by atoms with Crippen LogP contribution in [-0.2, 0) is 0 Å². The zero-order valence-electron chi connectivity index (χ0n) is 12.8. The Labute approximate surface area is 134 Å². The lowest BCUT2D eigenvalue weighted by molar-refractivity contribution is 0.306. The summed E-state index contributed by atoms with van der Waals surface area (Å²) >= 11 is 0. The van der Waals surface area contributed by atoms with Crippen LogP contribution in [0.4, 0.5) is 5.69 Å². The average molecular weight is 309 g/mol. The van der Waals surface area contributed by atoms with E-state index in [1.807, 2.05) is 29.3 Å². The molecule has 1 aromatic heterocycles. The molecule has 0 bridgehead atoms. The van der Waals surface area contributed by atoms with Crippen molar-refractivity contribution in [1.29, 1.82) is 0 Å². The fourth-order valence-corrected chi connectivity index (χ4v) is 3.65. The molecule has 2 aliphatic rings. The number of anilines is 1. The molecule has 0 unspecified atom stereocenters. The Morgan fingerprint density at radius 1 is 1.09 bits per heavy atom. The van der Waals surface area contributed by atoms with E-state index in [1.54, 1.807) is 6.33 Å². The van der Waals surface area contributed by atoms with Crippen molar-refractivity contribution in [2.24, 2.45) is 21.5 Å². The van der Waals surface area contributed by atoms with Gasteiger partial charge in [0.15, 0.2) is 0 Å². The normalized spacial score (nSPS) is 20.4. The van der Waals surface area contributed by atoms with Crippen LogP contribution < -0.4 is 16.4 Å². The molecule has 118 valence electrons. The van der Waals surface area contributed by atoms with Gasteiger partial charge in [0.1, 0.15) is 12.0 Å². The van der Waals surface area contributed by atoms with E-state index >= 15 is 0 Å². The first-order valence-electron chi connectivity index (χ1n) is 7.88. The van der Waals surface area contributed by atoms with E-state index in [4.69, 9.17) is 16.5 Å². The molecule has 1 aliphatic carbocycles. The second-order valence-electron chi connectivity index (χ2n) is 6.05. The molecule has 1 saturated carbocycles. The van der Waals surface area contributed by atoms with Crippen LogP contribution in [0, 0.1) is 0 Å². The predicted octanol–water partition coefficient (Wildman–Crippen LogP) is 1.74. The molecule has 1 aromatic carbocycles. The summed E-state index contributed by atoms with van der Waals surface area (Å²) in [7, 11) is 0. The zero-order valence-corrected chi connectivity index (χ0v) is 12.8. The molecule has 0 amide bonds. The van der Waals surface area contributed by atoms with E-state index in [9.17, 15) is 0 Å². The molecule has 2 aromatic rings. The molecule has 7 nitrogen and oxygen atoms in total. The molecule has 1 fully saturated rings.